The third kappa shape index (κ3) is 4.68. The van der Waals surface area contributed by atoms with Gasteiger partial charge in [-0.25, -0.2) is 13.2 Å². The molecule has 0 saturated carbocycles. The second kappa shape index (κ2) is 8.59. The van der Waals surface area contributed by atoms with Gasteiger partial charge in [0.05, 0.1) is 5.92 Å². The molecular formula is C14H17F5O2. The van der Waals surface area contributed by atoms with Crippen LogP contribution in [0.3, 0.4) is 0 Å². The van der Waals surface area contributed by atoms with Gasteiger partial charge in [-0.15, -0.1) is 0 Å². The van der Waals surface area contributed by atoms with E-state index in [0.717, 1.165) is 0 Å². The zero-order chi connectivity index (χ0) is 16.7. The molecular weight excluding hydrogens is 295 g/mol. The van der Waals surface area contributed by atoms with E-state index in [2.05, 4.69) is 18.6 Å². The van der Waals surface area contributed by atoms with Crippen molar-refractivity contribution in [2.24, 2.45) is 5.92 Å². The van der Waals surface area contributed by atoms with E-state index in [0.29, 0.717) is 6.42 Å². The van der Waals surface area contributed by atoms with Gasteiger partial charge in [0.25, 0.3) is 0 Å². The van der Waals surface area contributed by atoms with Crippen molar-refractivity contribution in [1.29, 1.82) is 0 Å². The molecule has 1 atom stereocenters. The summed E-state index contributed by atoms with van der Waals surface area (Å²) in [5.41, 5.74) is 0. The van der Waals surface area contributed by atoms with E-state index in [1.165, 1.54) is 13.3 Å². The molecule has 0 amide bonds. The first kappa shape index (κ1) is 19.3. The summed E-state index contributed by atoms with van der Waals surface area (Å²) in [5.74, 6) is -14.3. The van der Waals surface area contributed by atoms with Gasteiger partial charge in [-0.1, -0.05) is 34.1 Å². The third-order valence-electron chi connectivity index (χ3n) is 2.39. The van der Waals surface area contributed by atoms with E-state index in [4.69, 9.17) is 0 Å². The van der Waals surface area contributed by atoms with Crippen LogP contribution in [0.5, 0.6) is 5.75 Å². The van der Waals surface area contributed by atoms with Gasteiger partial charge < -0.3 is 4.74 Å². The average Bonchev–Trinajstić information content (AvgIpc) is 2.47. The molecule has 0 N–H and O–H groups in total. The van der Waals surface area contributed by atoms with Crippen LogP contribution in [0, 0.1) is 35.0 Å². The second-order valence-corrected chi connectivity index (χ2v) is 4.34. The Morgan fingerprint density at radius 3 is 1.57 bits per heavy atom. The van der Waals surface area contributed by atoms with Crippen LogP contribution in [0.1, 0.15) is 40.5 Å². The van der Waals surface area contributed by atoms with Crippen molar-refractivity contribution < 1.29 is 31.5 Å². The predicted octanol–water partition coefficient (Wildman–Crippen LogP) is 4.75. The lowest BCUT2D eigenvalue weighted by Gasteiger charge is -2.11. The van der Waals surface area contributed by atoms with Crippen LogP contribution in [-0.4, -0.2) is 5.97 Å². The highest BCUT2D eigenvalue weighted by Crippen LogP contribution is 2.29. The molecule has 0 bridgehead atoms. The first-order valence-electron chi connectivity index (χ1n) is 6.45. The first-order chi connectivity index (χ1) is 9.72. The number of rotatable bonds is 3. The van der Waals surface area contributed by atoms with E-state index in [9.17, 15) is 26.7 Å². The number of hydrogen-bond acceptors (Lipinski definition) is 2. The Balaban J connectivity index is 0.00000122. The average molecular weight is 312 g/mol. The molecule has 0 spiro atoms. The molecule has 21 heavy (non-hydrogen) atoms. The molecule has 0 saturated heterocycles. The van der Waals surface area contributed by atoms with Crippen LogP contribution in [0.2, 0.25) is 0 Å². The van der Waals surface area contributed by atoms with Crippen molar-refractivity contribution in [2.75, 3.05) is 0 Å². The van der Waals surface area contributed by atoms with Crippen LogP contribution >= 0.6 is 0 Å². The molecule has 0 radical (unpaired) electrons. The summed E-state index contributed by atoms with van der Waals surface area (Å²) in [6, 6.07) is 0. The van der Waals surface area contributed by atoms with Gasteiger partial charge in [0, 0.05) is 0 Å². The van der Waals surface area contributed by atoms with Crippen molar-refractivity contribution >= 4 is 5.97 Å². The van der Waals surface area contributed by atoms with E-state index in [-0.39, 0.29) is 0 Å². The fourth-order valence-corrected chi connectivity index (χ4v) is 1.04. The highest BCUT2D eigenvalue weighted by molar-refractivity contribution is 5.74. The molecule has 120 valence electrons. The molecule has 0 aliphatic carbocycles. The Hall–Kier alpha value is -1.66. The van der Waals surface area contributed by atoms with Gasteiger partial charge in [0.1, 0.15) is 0 Å². The number of halogens is 5. The molecule has 1 aromatic carbocycles. The zero-order valence-electron chi connectivity index (χ0n) is 12.2. The van der Waals surface area contributed by atoms with Crippen molar-refractivity contribution in [3.05, 3.63) is 29.1 Å². The number of hydrogen-bond donors (Lipinski definition) is 0. The molecule has 2 nitrogen and oxygen atoms in total. The molecule has 0 aliphatic heterocycles. The highest BCUT2D eigenvalue weighted by atomic mass is 19.2. The van der Waals surface area contributed by atoms with Crippen molar-refractivity contribution in [2.45, 2.75) is 40.5 Å². The fraction of sp³-hybridized carbons (Fsp3) is 0.500. The minimum atomic E-state index is -2.30. The molecule has 7 heteroatoms. The zero-order valence-corrected chi connectivity index (χ0v) is 12.2. The summed E-state index contributed by atoms with van der Waals surface area (Å²) in [6.45, 7) is 7.25. The van der Waals surface area contributed by atoms with E-state index < -0.39 is 46.7 Å². The van der Waals surface area contributed by atoms with Crippen LogP contribution in [0.15, 0.2) is 0 Å². The summed E-state index contributed by atoms with van der Waals surface area (Å²) in [4.78, 5) is 11.3. The van der Waals surface area contributed by atoms with Crippen LogP contribution < -0.4 is 4.74 Å². The minimum absolute atomic E-state index is 0.300. The lowest BCUT2D eigenvalue weighted by atomic mass is 10.1. The van der Waals surface area contributed by atoms with Gasteiger partial charge in [0.2, 0.25) is 34.8 Å². The van der Waals surface area contributed by atoms with Gasteiger partial charge >= 0.3 is 5.97 Å². The Bertz CT molecular complexity index is 474. The SMILES string of the molecule is CCC.CCC(C)C(=O)Oc1c(F)c(F)c(F)c(F)c1F. The van der Waals surface area contributed by atoms with Crippen molar-refractivity contribution in [3.63, 3.8) is 0 Å². The summed E-state index contributed by atoms with van der Waals surface area (Å²) in [5, 5.41) is 0. The van der Waals surface area contributed by atoms with Gasteiger partial charge in [-0.05, 0) is 6.42 Å². The van der Waals surface area contributed by atoms with Crippen LogP contribution in [0.4, 0.5) is 22.0 Å². The lowest BCUT2D eigenvalue weighted by molar-refractivity contribution is -0.138. The normalized spacial score (nSPS) is 11.5. The predicted molar refractivity (Wildman–Crippen MR) is 67.3 cm³/mol. The molecule has 1 rings (SSSR count). The quantitative estimate of drug-likeness (QED) is 0.265. The molecule has 1 unspecified atom stereocenters. The first-order valence-corrected chi connectivity index (χ1v) is 6.45. The number of ether oxygens (including phenoxy) is 1. The topological polar surface area (TPSA) is 26.3 Å². The van der Waals surface area contributed by atoms with E-state index in [1.54, 1.807) is 6.92 Å². The van der Waals surface area contributed by atoms with Gasteiger partial charge in [-0.2, -0.15) is 8.78 Å². The maximum absolute atomic E-state index is 13.1. The number of benzene rings is 1. The van der Waals surface area contributed by atoms with Crippen LogP contribution in [-0.2, 0) is 4.79 Å². The molecule has 0 aromatic heterocycles. The minimum Gasteiger partial charge on any atom is -0.420 e. The van der Waals surface area contributed by atoms with E-state index >= 15 is 0 Å². The standard InChI is InChI=1S/C11H9F5O2.C3H8/c1-3-4(2)11(17)18-10-8(15)6(13)5(12)7(14)9(10)16;1-3-2/h4H,3H2,1-2H3;3H2,1-2H3. The van der Waals surface area contributed by atoms with Crippen LogP contribution in [0.25, 0.3) is 0 Å². The fourth-order valence-electron chi connectivity index (χ4n) is 1.04. The summed E-state index contributed by atoms with van der Waals surface area (Å²) in [6.07, 6.45) is 1.55. The third-order valence-corrected chi connectivity index (χ3v) is 2.39. The lowest BCUT2D eigenvalue weighted by Crippen LogP contribution is -2.19. The molecule has 0 heterocycles. The highest BCUT2D eigenvalue weighted by Gasteiger charge is 2.29. The number of carbonyl (C=O) groups excluding carboxylic acids is 1. The second-order valence-electron chi connectivity index (χ2n) is 4.34. The smallest absolute Gasteiger partial charge is 0.314 e. The van der Waals surface area contributed by atoms with Gasteiger partial charge in [0.15, 0.2) is 0 Å². The number of esters is 1. The Labute approximate surface area is 119 Å². The van der Waals surface area contributed by atoms with Crippen molar-refractivity contribution in [1.82, 2.24) is 0 Å². The molecule has 0 fully saturated rings. The summed E-state index contributed by atoms with van der Waals surface area (Å²) in [7, 11) is 0. The Morgan fingerprint density at radius 1 is 0.905 bits per heavy atom. The Kier molecular flexibility index (Phi) is 7.91. The summed E-state index contributed by atoms with van der Waals surface area (Å²) >= 11 is 0. The monoisotopic (exact) mass is 312 g/mol. The Morgan fingerprint density at radius 2 is 1.24 bits per heavy atom. The number of carbonyl (C=O) groups is 1. The summed E-state index contributed by atoms with van der Waals surface area (Å²) < 4.78 is 68.7. The molecule has 1 aromatic rings. The largest absolute Gasteiger partial charge is 0.420 e. The van der Waals surface area contributed by atoms with E-state index in [1.807, 2.05) is 0 Å². The maximum Gasteiger partial charge on any atom is 0.314 e. The van der Waals surface area contributed by atoms with Crippen molar-refractivity contribution in [3.8, 4) is 5.75 Å². The van der Waals surface area contributed by atoms with Gasteiger partial charge in [-0.3, -0.25) is 4.79 Å². The molecule has 0 aliphatic rings. The maximum atomic E-state index is 13.1.